The molecule has 1 aliphatic rings. The van der Waals surface area contributed by atoms with Gasteiger partial charge in [0.15, 0.2) is 0 Å². The maximum Gasteiger partial charge on any atom is 0.261 e. The fraction of sp³-hybridized carbons (Fsp3) is 0.435. The smallest absolute Gasteiger partial charge is 0.261 e. The Bertz CT molecular complexity index is 979. The highest BCUT2D eigenvalue weighted by molar-refractivity contribution is 7.92. The molecule has 0 radical (unpaired) electrons. The highest BCUT2D eigenvalue weighted by Crippen LogP contribution is 2.32. The first-order chi connectivity index (χ1) is 14.3. The number of hydrogen-bond acceptors (Lipinski definition) is 4. The van der Waals surface area contributed by atoms with Crippen molar-refractivity contribution in [3.63, 3.8) is 0 Å². The Morgan fingerprint density at radius 1 is 1.07 bits per heavy atom. The van der Waals surface area contributed by atoms with Gasteiger partial charge < -0.3 is 10.2 Å². The van der Waals surface area contributed by atoms with Crippen LogP contribution in [0.3, 0.4) is 0 Å². The predicted octanol–water partition coefficient (Wildman–Crippen LogP) is 4.17. The second-order valence-corrected chi connectivity index (χ2v) is 9.97. The van der Waals surface area contributed by atoms with Crippen molar-refractivity contribution in [3.8, 4) is 0 Å². The van der Waals surface area contributed by atoms with Crippen LogP contribution in [0.2, 0.25) is 0 Å². The summed E-state index contributed by atoms with van der Waals surface area (Å²) in [6, 6.07) is 12.0. The van der Waals surface area contributed by atoms with Crippen LogP contribution in [0.1, 0.15) is 49.0 Å². The van der Waals surface area contributed by atoms with Crippen LogP contribution >= 0.6 is 0 Å². The Labute approximate surface area is 179 Å². The molecule has 0 unspecified atom stereocenters. The third kappa shape index (κ3) is 5.53. The summed E-state index contributed by atoms with van der Waals surface area (Å²) in [4.78, 5) is 14.9. The van der Waals surface area contributed by atoms with E-state index in [0.29, 0.717) is 23.7 Å². The van der Waals surface area contributed by atoms with Gasteiger partial charge in [-0.05, 0) is 62.4 Å². The summed E-state index contributed by atoms with van der Waals surface area (Å²) in [7, 11) is -3.76. The lowest BCUT2D eigenvalue weighted by Crippen LogP contribution is -2.26. The standard InChI is InChI=1S/C23H31N3O3S/c1-17(2)12-13-24-23(27)19-8-11-22(26-14-4-5-15-26)21(16-19)25-30(28,29)20-9-6-18(3)7-10-20/h6-11,16-17,25H,4-5,12-15H2,1-3H3,(H,24,27). The molecular formula is C23H31N3O3S. The summed E-state index contributed by atoms with van der Waals surface area (Å²) in [5, 5.41) is 2.92. The molecule has 2 aromatic rings. The molecule has 2 N–H and O–H groups in total. The zero-order valence-corrected chi connectivity index (χ0v) is 18.8. The van der Waals surface area contributed by atoms with Crippen LogP contribution in [0.4, 0.5) is 11.4 Å². The van der Waals surface area contributed by atoms with Gasteiger partial charge in [-0.2, -0.15) is 0 Å². The second kappa shape index (κ2) is 9.51. The molecular weight excluding hydrogens is 398 g/mol. The number of anilines is 2. The van der Waals surface area contributed by atoms with Gasteiger partial charge in [-0.3, -0.25) is 9.52 Å². The normalized spacial score (nSPS) is 14.2. The maximum absolute atomic E-state index is 13.0. The van der Waals surface area contributed by atoms with Crippen LogP contribution in [-0.2, 0) is 10.0 Å². The van der Waals surface area contributed by atoms with E-state index in [1.54, 1.807) is 36.4 Å². The number of nitrogens with zero attached hydrogens (tertiary/aromatic N) is 1. The second-order valence-electron chi connectivity index (χ2n) is 8.28. The van der Waals surface area contributed by atoms with Gasteiger partial charge in [0.05, 0.1) is 16.3 Å². The van der Waals surface area contributed by atoms with Crippen molar-refractivity contribution in [2.45, 2.75) is 44.9 Å². The molecule has 30 heavy (non-hydrogen) atoms. The number of carbonyl (C=O) groups excluding carboxylic acids is 1. The van der Waals surface area contributed by atoms with Gasteiger partial charge in [-0.25, -0.2) is 8.42 Å². The topological polar surface area (TPSA) is 78.5 Å². The molecule has 7 heteroatoms. The number of rotatable bonds is 8. The summed E-state index contributed by atoms with van der Waals surface area (Å²) >= 11 is 0. The van der Waals surface area contributed by atoms with Gasteiger partial charge in [0, 0.05) is 25.2 Å². The lowest BCUT2D eigenvalue weighted by molar-refractivity contribution is 0.0952. The molecule has 6 nitrogen and oxygen atoms in total. The quantitative estimate of drug-likeness (QED) is 0.660. The fourth-order valence-corrected chi connectivity index (χ4v) is 4.56. The van der Waals surface area contributed by atoms with E-state index in [4.69, 9.17) is 0 Å². The molecule has 0 aliphatic carbocycles. The van der Waals surface area contributed by atoms with E-state index >= 15 is 0 Å². The first-order valence-corrected chi connectivity index (χ1v) is 12.0. The van der Waals surface area contributed by atoms with Crippen molar-refractivity contribution in [1.29, 1.82) is 0 Å². The Hall–Kier alpha value is -2.54. The Morgan fingerprint density at radius 3 is 2.37 bits per heavy atom. The summed E-state index contributed by atoms with van der Waals surface area (Å²) in [6.45, 7) is 8.47. The summed E-state index contributed by atoms with van der Waals surface area (Å²) in [5.74, 6) is 0.305. The van der Waals surface area contributed by atoms with E-state index in [1.807, 2.05) is 13.0 Å². The minimum absolute atomic E-state index is 0.195. The molecule has 1 fully saturated rings. The number of carbonyl (C=O) groups is 1. The number of benzene rings is 2. The highest BCUT2D eigenvalue weighted by atomic mass is 32.2. The van der Waals surface area contributed by atoms with Crippen molar-refractivity contribution in [2.24, 2.45) is 5.92 Å². The first-order valence-electron chi connectivity index (χ1n) is 10.5. The van der Waals surface area contributed by atoms with E-state index in [2.05, 4.69) is 28.8 Å². The van der Waals surface area contributed by atoms with Crippen LogP contribution in [0.5, 0.6) is 0 Å². The van der Waals surface area contributed by atoms with Gasteiger partial charge in [0.25, 0.3) is 15.9 Å². The van der Waals surface area contributed by atoms with Crippen LogP contribution in [0.25, 0.3) is 0 Å². The van der Waals surface area contributed by atoms with E-state index < -0.39 is 10.0 Å². The molecule has 0 spiro atoms. The maximum atomic E-state index is 13.0. The van der Waals surface area contributed by atoms with Gasteiger partial charge in [0.1, 0.15) is 0 Å². The van der Waals surface area contributed by atoms with Crippen molar-refractivity contribution >= 4 is 27.3 Å². The molecule has 1 saturated heterocycles. The van der Waals surface area contributed by atoms with E-state index in [0.717, 1.165) is 43.6 Å². The van der Waals surface area contributed by atoms with Crippen molar-refractivity contribution in [1.82, 2.24) is 5.32 Å². The summed E-state index contributed by atoms with van der Waals surface area (Å²) in [6.07, 6.45) is 3.04. The molecule has 1 amide bonds. The highest BCUT2D eigenvalue weighted by Gasteiger charge is 2.22. The lowest BCUT2D eigenvalue weighted by Gasteiger charge is -2.23. The van der Waals surface area contributed by atoms with Crippen LogP contribution in [0, 0.1) is 12.8 Å². The van der Waals surface area contributed by atoms with Crippen molar-refractivity contribution in [2.75, 3.05) is 29.3 Å². The van der Waals surface area contributed by atoms with Gasteiger partial charge in [-0.15, -0.1) is 0 Å². The lowest BCUT2D eigenvalue weighted by atomic mass is 10.1. The molecule has 0 aromatic heterocycles. The number of aryl methyl sites for hydroxylation is 1. The molecule has 0 bridgehead atoms. The SMILES string of the molecule is Cc1ccc(S(=O)(=O)Nc2cc(C(=O)NCCC(C)C)ccc2N2CCCC2)cc1. The fourth-order valence-electron chi connectivity index (χ4n) is 3.49. The molecule has 1 heterocycles. The minimum atomic E-state index is -3.76. The Balaban J connectivity index is 1.89. The van der Waals surface area contributed by atoms with Gasteiger partial charge >= 0.3 is 0 Å². The molecule has 2 aromatic carbocycles. The predicted molar refractivity (Wildman–Crippen MR) is 122 cm³/mol. The summed E-state index contributed by atoms with van der Waals surface area (Å²) < 4.78 is 28.7. The average Bonchev–Trinajstić information content (AvgIpc) is 3.22. The number of amides is 1. The van der Waals surface area contributed by atoms with Gasteiger partial charge in [-0.1, -0.05) is 31.5 Å². The monoisotopic (exact) mass is 429 g/mol. The largest absolute Gasteiger partial charge is 0.370 e. The van der Waals surface area contributed by atoms with Crippen LogP contribution < -0.4 is 14.9 Å². The Morgan fingerprint density at radius 2 is 1.73 bits per heavy atom. The first kappa shape index (κ1) is 22.2. The van der Waals surface area contributed by atoms with Gasteiger partial charge in [0.2, 0.25) is 0 Å². The average molecular weight is 430 g/mol. The zero-order valence-electron chi connectivity index (χ0n) is 17.9. The third-order valence-corrected chi connectivity index (χ3v) is 6.67. The van der Waals surface area contributed by atoms with Crippen LogP contribution in [-0.4, -0.2) is 34.0 Å². The Kier molecular flexibility index (Phi) is 7.02. The molecule has 0 saturated carbocycles. The summed E-state index contributed by atoms with van der Waals surface area (Å²) in [5.41, 5.74) is 2.69. The van der Waals surface area contributed by atoms with Crippen molar-refractivity contribution in [3.05, 3.63) is 53.6 Å². The number of nitrogens with one attached hydrogen (secondary N) is 2. The third-order valence-electron chi connectivity index (χ3n) is 5.29. The van der Waals surface area contributed by atoms with Crippen molar-refractivity contribution < 1.29 is 13.2 Å². The van der Waals surface area contributed by atoms with E-state index in [1.165, 1.54) is 0 Å². The molecule has 3 rings (SSSR count). The molecule has 162 valence electrons. The van der Waals surface area contributed by atoms with E-state index in [-0.39, 0.29) is 10.8 Å². The molecule has 0 atom stereocenters. The zero-order chi connectivity index (χ0) is 21.7. The number of sulfonamides is 1. The van der Waals surface area contributed by atoms with E-state index in [9.17, 15) is 13.2 Å². The van der Waals surface area contributed by atoms with Crippen LogP contribution in [0.15, 0.2) is 47.4 Å². The number of hydrogen-bond donors (Lipinski definition) is 2. The minimum Gasteiger partial charge on any atom is -0.370 e. The molecule has 1 aliphatic heterocycles.